The molecule has 0 saturated carbocycles. The van der Waals surface area contributed by atoms with Crippen molar-refractivity contribution in [3.63, 3.8) is 0 Å². The first-order valence-electron chi connectivity index (χ1n) is 6.46. The first-order valence-corrected chi connectivity index (χ1v) is 6.84. The van der Waals surface area contributed by atoms with Crippen LogP contribution in [0.4, 0.5) is 0 Å². The number of benzene rings is 2. The van der Waals surface area contributed by atoms with Crippen LogP contribution in [0.1, 0.15) is 15.9 Å². The van der Waals surface area contributed by atoms with Gasteiger partial charge in [0.05, 0.1) is 0 Å². The molecule has 0 unspecified atom stereocenters. The maximum atomic E-state index is 11.9. The van der Waals surface area contributed by atoms with Gasteiger partial charge in [0.15, 0.2) is 0 Å². The van der Waals surface area contributed by atoms with Gasteiger partial charge in [0.2, 0.25) is 0 Å². The minimum absolute atomic E-state index is 0.122. The fourth-order valence-electron chi connectivity index (χ4n) is 1.74. The fraction of sp³-hybridized carbons (Fsp3) is 0.0625. The Morgan fingerprint density at radius 1 is 1.05 bits per heavy atom. The lowest BCUT2D eigenvalue weighted by atomic mass is 10.1. The number of carbonyl (C=O) groups is 2. The summed E-state index contributed by atoms with van der Waals surface area (Å²) >= 11 is 5.74. The molecule has 0 spiro atoms. The van der Waals surface area contributed by atoms with E-state index in [-0.39, 0.29) is 12.1 Å². The molecule has 2 rings (SSSR count). The van der Waals surface area contributed by atoms with Gasteiger partial charge in [-0.25, -0.2) is 10.2 Å². The zero-order chi connectivity index (χ0) is 15.9. The van der Waals surface area contributed by atoms with Crippen molar-refractivity contribution in [2.45, 2.75) is 6.42 Å². The molecule has 0 atom stereocenters. The number of hydrogen-bond donors (Lipinski definition) is 2. The van der Waals surface area contributed by atoms with Crippen molar-refractivity contribution in [1.29, 1.82) is 0 Å². The first kappa shape index (κ1) is 15.7. The van der Waals surface area contributed by atoms with Crippen LogP contribution >= 0.6 is 11.6 Å². The Bertz CT molecular complexity index is 697. The minimum atomic E-state index is -1.18. The molecule has 0 aliphatic heterocycles. The summed E-state index contributed by atoms with van der Waals surface area (Å²) in [6, 6.07) is 15.2. The maximum Gasteiger partial charge on any atom is 0.352 e. The average molecular weight is 317 g/mol. The molecule has 2 aromatic rings. The second-order valence-electron chi connectivity index (χ2n) is 4.47. The molecule has 0 saturated heterocycles. The predicted molar refractivity (Wildman–Crippen MR) is 84.1 cm³/mol. The molecular weight excluding hydrogens is 304 g/mol. The molecule has 22 heavy (non-hydrogen) atoms. The average Bonchev–Trinajstić information content (AvgIpc) is 2.52. The van der Waals surface area contributed by atoms with Crippen molar-refractivity contribution < 1.29 is 14.7 Å². The van der Waals surface area contributed by atoms with E-state index in [4.69, 9.17) is 16.7 Å². The Kier molecular flexibility index (Phi) is 5.27. The monoisotopic (exact) mass is 316 g/mol. The summed E-state index contributed by atoms with van der Waals surface area (Å²) in [5.74, 6) is -1.68. The lowest BCUT2D eigenvalue weighted by Gasteiger charge is -2.04. The van der Waals surface area contributed by atoms with E-state index in [0.717, 1.165) is 5.56 Å². The Morgan fingerprint density at radius 3 is 2.27 bits per heavy atom. The molecule has 5 nitrogen and oxygen atoms in total. The third kappa shape index (κ3) is 4.43. The van der Waals surface area contributed by atoms with Crippen LogP contribution in [0.3, 0.4) is 0 Å². The third-order valence-corrected chi connectivity index (χ3v) is 3.11. The lowest BCUT2D eigenvalue weighted by Crippen LogP contribution is -2.24. The summed E-state index contributed by atoms with van der Waals surface area (Å²) in [7, 11) is 0. The van der Waals surface area contributed by atoms with Crippen LogP contribution in [0, 0.1) is 0 Å². The van der Waals surface area contributed by atoms with Crippen LogP contribution in [-0.2, 0) is 11.2 Å². The maximum absolute atomic E-state index is 11.9. The van der Waals surface area contributed by atoms with E-state index >= 15 is 0 Å². The molecule has 0 aliphatic carbocycles. The van der Waals surface area contributed by atoms with Crippen molar-refractivity contribution in [3.05, 3.63) is 70.7 Å². The van der Waals surface area contributed by atoms with Crippen molar-refractivity contribution in [2.24, 2.45) is 5.10 Å². The molecule has 2 aromatic carbocycles. The van der Waals surface area contributed by atoms with Crippen LogP contribution in [0.25, 0.3) is 0 Å². The Morgan fingerprint density at radius 2 is 1.68 bits per heavy atom. The van der Waals surface area contributed by atoms with E-state index in [2.05, 4.69) is 10.5 Å². The number of carbonyl (C=O) groups excluding carboxylic acids is 1. The van der Waals surface area contributed by atoms with Crippen LogP contribution in [-0.4, -0.2) is 22.7 Å². The molecule has 0 heterocycles. The van der Waals surface area contributed by atoms with Gasteiger partial charge in [0.25, 0.3) is 5.91 Å². The summed E-state index contributed by atoms with van der Waals surface area (Å²) < 4.78 is 0. The Balaban J connectivity index is 2.08. The number of hydrazone groups is 1. The topological polar surface area (TPSA) is 78.8 Å². The highest BCUT2D eigenvalue weighted by Crippen LogP contribution is 2.09. The highest BCUT2D eigenvalue weighted by atomic mass is 35.5. The first-order chi connectivity index (χ1) is 10.6. The van der Waals surface area contributed by atoms with Crippen LogP contribution in [0.15, 0.2) is 59.7 Å². The quantitative estimate of drug-likeness (QED) is 0.657. The van der Waals surface area contributed by atoms with Crippen molar-refractivity contribution in [1.82, 2.24) is 5.43 Å². The number of hydrogen-bond acceptors (Lipinski definition) is 3. The van der Waals surface area contributed by atoms with E-state index < -0.39 is 11.9 Å². The van der Waals surface area contributed by atoms with E-state index in [1.54, 1.807) is 36.4 Å². The van der Waals surface area contributed by atoms with E-state index in [1.165, 1.54) is 12.1 Å². The van der Waals surface area contributed by atoms with Gasteiger partial charge >= 0.3 is 5.97 Å². The van der Waals surface area contributed by atoms with Gasteiger partial charge in [-0.3, -0.25) is 4.79 Å². The Hall–Kier alpha value is -2.66. The SMILES string of the molecule is O=C(O)/C(Cc1ccccc1)=N/NC(=O)c1ccc(Cl)cc1. The molecule has 0 radical (unpaired) electrons. The van der Waals surface area contributed by atoms with Crippen molar-refractivity contribution in [2.75, 3.05) is 0 Å². The standard InChI is InChI=1S/C16H13ClN2O3/c17-13-8-6-12(7-9-13)15(20)19-18-14(16(21)22)10-11-4-2-1-3-5-11/h1-9H,10H2,(H,19,20)(H,21,22)/b18-14+. The summed E-state index contributed by atoms with van der Waals surface area (Å²) in [5, 5.41) is 13.4. The fourth-order valence-corrected chi connectivity index (χ4v) is 1.86. The van der Waals surface area contributed by atoms with Crippen LogP contribution < -0.4 is 5.43 Å². The highest BCUT2D eigenvalue weighted by Gasteiger charge is 2.12. The molecule has 112 valence electrons. The van der Waals surface area contributed by atoms with Crippen LogP contribution in [0.5, 0.6) is 0 Å². The van der Waals surface area contributed by atoms with E-state index in [1.807, 2.05) is 6.07 Å². The number of nitrogens with one attached hydrogen (secondary N) is 1. The number of rotatable bonds is 5. The largest absolute Gasteiger partial charge is 0.477 e. The predicted octanol–water partition coefficient (Wildman–Crippen LogP) is 2.75. The second-order valence-corrected chi connectivity index (χ2v) is 4.91. The summed E-state index contributed by atoms with van der Waals surface area (Å²) in [5.41, 5.74) is 3.24. The van der Waals surface area contributed by atoms with Gasteiger partial charge in [-0.1, -0.05) is 41.9 Å². The van der Waals surface area contributed by atoms with Gasteiger partial charge in [0.1, 0.15) is 5.71 Å². The molecule has 1 amide bonds. The lowest BCUT2D eigenvalue weighted by molar-refractivity contribution is -0.129. The number of carboxylic acid groups (broad SMARTS) is 1. The summed E-state index contributed by atoms with van der Waals surface area (Å²) in [4.78, 5) is 23.1. The van der Waals surface area contributed by atoms with Gasteiger partial charge in [-0.05, 0) is 29.8 Å². The molecule has 0 bridgehead atoms. The molecule has 6 heteroatoms. The molecule has 0 fully saturated rings. The number of aliphatic carboxylic acids is 1. The number of nitrogens with zero attached hydrogens (tertiary/aromatic N) is 1. The minimum Gasteiger partial charge on any atom is -0.477 e. The molecule has 0 aromatic heterocycles. The summed E-state index contributed by atoms with van der Waals surface area (Å²) in [6.07, 6.45) is 0.122. The number of halogens is 1. The Labute approximate surface area is 132 Å². The van der Waals surface area contributed by atoms with E-state index in [0.29, 0.717) is 10.6 Å². The highest BCUT2D eigenvalue weighted by molar-refractivity contribution is 6.36. The van der Waals surface area contributed by atoms with Gasteiger partial charge in [-0.15, -0.1) is 0 Å². The zero-order valence-corrected chi connectivity index (χ0v) is 12.2. The molecule has 0 aliphatic rings. The van der Waals surface area contributed by atoms with Gasteiger partial charge in [-0.2, -0.15) is 5.10 Å². The van der Waals surface area contributed by atoms with Gasteiger partial charge < -0.3 is 5.11 Å². The third-order valence-electron chi connectivity index (χ3n) is 2.86. The van der Waals surface area contributed by atoms with Crippen molar-refractivity contribution in [3.8, 4) is 0 Å². The molecular formula is C16H13ClN2O3. The smallest absolute Gasteiger partial charge is 0.352 e. The molecule has 2 N–H and O–H groups in total. The second kappa shape index (κ2) is 7.38. The van der Waals surface area contributed by atoms with Crippen LogP contribution in [0.2, 0.25) is 5.02 Å². The number of carboxylic acids is 1. The normalized spacial score (nSPS) is 11.0. The zero-order valence-electron chi connectivity index (χ0n) is 11.5. The van der Waals surface area contributed by atoms with Crippen molar-refractivity contribution >= 4 is 29.2 Å². The summed E-state index contributed by atoms with van der Waals surface area (Å²) in [6.45, 7) is 0. The van der Waals surface area contributed by atoms with Gasteiger partial charge in [0, 0.05) is 17.0 Å². The number of amides is 1. The van der Waals surface area contributed by atoms with E-state index in [9.17, 15) is 9.59 Å².